The van der Waals surface area contributed by atoms with Crippen molar-refractivity contribution in [2.45, 2.75) is 0 Å². The fraction of sp³-hybridized carbons (Fsp3) is 0.192. The first-order valence-corrected chi connectivity index (χ1v) is 12.8. The Hall–Kier alpha value is -3.56. The summed E-state index contributed by atoms with van der Waals surface area (Å²) in [6.07, 6.45) is 1.79. The van der Waals surface area contributed by atoms with Crippen LogP contribution >= 0.6 is 23.1 Å². The van der Waals surface area contributed by atoms with Crippen molar-refractivity contribution in [3.8, 4) is 11.5 Å². The van der Waals surface area contributed by atoms with Crippen molar-refractivity contribution in [2.24, 2.45) is 4.99 Å². The zero-order valence-electron chi connectivity index (χ0n) is 19.0. The molecule has 0 bridgehead atoms. The number of thiophene rings is 1. The summed E-state index contributed by atoms with van der Waals surface area (Å²) in [5.74, 6) is 0.0588. The molecule has 0 saturated carbocycles. The minimum absolute atomic E-state index is 0.248. The first kappa shape index (κ1) is 23.2. The highest BCUT2D eigenvalue weighted by atomic mass is 32.2. The number of piperazine rings is 1. The molecule has 1 aromatic heterocycles. The van der Waals surface area contributed by atoms with E-state index in [1.165, 1.54) is 35.9 Å². The molecule has 0 unspecified atom stereocenters. The summed E-state index contributed by atoms with van der Waals surface area (Å²) in [7, 11) is 1.51. The van der Waals surface area contributed by atoms with Crippen LogP contribution in [0.4, 0.5) is 5.69 Å². The van der Waals surface area contributed by atoms with Crippen LogP contribution in [-0.2, 0) is 4.79 Å². The molecule has 0 aliphatic carbocycles. The molecule has 3 heterocycles. The van der Waals surface area contributed by atoms with Gasteiger partial charge < -0.3 is 19.3 Å². The minimum atomic E-state index is -0.434. The predicted octanol–water partition coefficient (Wildman–Crippen LogP) is 4.77. The second kappa shape index (κ2) is 10.4. The smallest absolute Gasteiger partial charge is 0.353 e. The first-order chi connectivity index (χ1) is 17.1. The molecule has 1 amide bonds. The van der Waals surface area contributed by atoms with Gasteiger partial charge in [0.05, 0.1) is 12.0 Å². The molecule has 2 aliphatic rings. The third kappa shape index (κ3) is 5.26. The van der Waals surface area contributed by atoms with Crippen LogP contribution in [-0.4, -0.2) is 55.2 Å². The average molecular weight is 506 g/mol. The molecule has 35 heavy (non-hydrogen) atoms. The maximum absolute atomic E-state index is 12.6. The van der Waals surface area contributed by atoms with E-state index >= 15 is 0 Å². The number of hydrogen-bond donors (Lipinski definition) is 0. The lowest BCUT2D eigenvalue weighted by Gasteiger charge is -2.36. The highest BCUT2D eigenvalue weighted by molar-refractivity contribution is 8.18. The van der Waals surface area contributed by atoms with Crippen LogP contribution < -0.4 is 14.4 Å². The second-order valence-corrected chi connectivity index (χ2v) is 9.85. The van der Waals surface area contributed by atoms with E-state index in [-0.39, 0.29) is 5.91 Å². The van der Waals surface area contributed by atoms with Crippen LogP contribution in [0.3, 0.4) is 0 Å². The number of carbonyl (C=O) groups is 2. The Labute approximate surface area is 211 Å². The van der Waals surface area contributed by atoms with Crippen LogP contribution in [0.2, 0.25) is 0 Å². The third-order valence-electron chi connectivity index (χ3n) is 5.69. The van der Waals surface area contributed by atoms with Gasteiger partial charge in [-0.2, -0.15) is 4.99 Å². The van der Waals surface area contributed by atoms with E-state index in [1.54, 1.807) is 36.4 Å². The summed E-state index contributed by atoms with van der Waals surface area (Å²) < 4.78 is 10.9. The summed E-state index contributed by atoms with van der Waals surface area (Å²) in [6, 6.07) is 19.0. The highest BCUT2D eigenvalue weighted by Gasteiger charge is 2.28. The van der Waals surface area contributed by atoms with Gasteiger partial charge in [0, 0.05) is 31.9 Å². The number of anilines is 1. The molecule has 0 spiro atoms. The molecular weight excluding hydrogens is 482 g/mol. The minimum Gasteiger partial charge on any atom is -0.493 e. The average Bonchev–Trinajstić information content (AvgIpc) is 3.56. The van der Waals surface area contributed by atoms with Gasteiger partial charge in [-0.15, -0.1) is 11.3 Å². The Morgan fingerprint density at radius 2 is 1.74 bits per heavy atom. The molecule has 1 saturated heterocycles. The monoisotopic (exact) mass is 505 g/mol. The molecule has 2 aliphatic heterocycles. The van der Waals surface area contributed by atoms with Crippen molar-refractivity contribution in [1.82, 2.24) is 4.90 Å². The number of methoxy groups -OCH3 is 1. The van der Waals surface area contributed by atoms with Crippen molar-refractivity contribution in [2.75, 3.05) is 38.2 Å². The quantitative estimate of drug-likeness (QED) is 0.281. The largest absolute Gasteiger partial charge is 0.493 e. The number of amides is 1. The van der Waals surface area contributed by atoms with Crippen molar-refractivity contribution in [3.05, 3.63) is 81.4 Å². The molecule has 0 atom stereocenters. The first-order valence-electron chi connectivity index (χ1n) is 11.1. The van der Waals surface area contributed by atoms with Crippen LogP contribution in [0.1, 0.15) is 15.2 Å². The number of thioether (sulfide) groups is 1. The van der Waals surface area contributed by atoms with Crippen molar-refractivity contribution in [3.63, 3.8) is 0 Å². The number of esters is 1. The normalized spacial score (nSPS) is 17.0. The number of carbonyl (C=O) groups excluding carboxylic acids is 2. The number of rotatable bonds is 5. The molecule has 2 aromatic carbocycles. The molecule has 5 rings (SSSR count). The van der Waals surface area contributed by atoms with Gasteiger partial charge in [0.25, 0.3) is 5.91 Å². The van der Waals surface area contributed by atoms with Gasteiger partial charge in [-0.1, -0.05) is 30.3 Å². The van der Waals surface area contributed by atoms with E-state index in [0.717, 1.165) is 36.9 Å². The predicted molar refractivity (Wildman–Crippen MR) is 141 cm³/mol. The number of aliphatic imine (C=N–C) groups is 1. The van der Waals surface area contributed by atoms with Gasteiger partial charge in [-0.25, -0.2) is 4.79 Å². The number of amidine groups is 1. The number of ether oxygens (including phenoxy) is 2. The Balaban J connectivity index is 1.24. The molecule has 1 fully saturated rings. The molecule has 0 N–H and O–H groups in total. The molecule has 0 radical (unpaired) electrons. The topological polar surface area (TPSA) is 71.4 Å². The summed E-state index contributed by atoms with van der Waals surface area (Å²) in [6.45, 7) is 3.36. The lowest BCUT2D eigenvalue weighted by Crippen LogP contribution is -2.47. The maximum Gasteiger partial charge on any atom is 0.353 e. The van der Waals surface area contributed by atoms with E-state index in [2.05, 4.69) is 26.9 Å². The van der Waals surface area contributed by atoms with Gasteiger partial charge in [-0.05, 0) is 59.1 Å². The van der Waals surface area contributed by atoms with E-state index in [1.807, 2.05) is 23.6 Å². The fourth-order valence-corrected chi connectivity index (χ4v) is 5.45. The van der Waals surface area contributed by atoms with E-state index in [9.17, 15) is 9.59 Å². The molecule has 7 nitrogen and oxygen atoms in total. The molecule has 178 valence electrons. The van der Waals surface area contributed by atoms with Crippen LogP contribution in [0, 0.1) is 0 Å². The number of hydrogen-bond acceptors (Lipinski definition) is 8. The van der Waals surface area contributed by atoms with Gasteiger partial charge in [0.15, 0.2) is 16.7 Å². The zero-order chi connectivity index (χ0) is 24.2. The third-order valence-corrected chi connectivity index (χ3v) is 7.59. The van der Waals surface area contributed by atoms with Crippen molar-refractivity contribution < 1.29 is 19.1 Å². The van der Waals surface area contributed by atoms with E-state index < -0.39 is 5.97 Å². The number of para-hydroxylation sites is 1. The SMILES string of the molecule is COc1cc(/C=C2\SC(N3CCN(c4ccccc4)CC3)=NC2=O)ccc1OC(=O)c1cccs1. The van der Waals surface area contributed by atoms with Crippen molar-refractivity contribution >= 4 is 51.9 Å². The maximum atomic E-state index is 12.6. The Morgan fingerprint density at radius 1 is 0.971 bits per heavy atom. The fourth-order valence-electron chi connectivity index (χ4n) is 3.88. The lowest BCUT2D eigenvalue weighted by molar-refractivity contribution is -0.113. The van der Waals surface area contributed by atoms with E-state index in [4.69, 9.17) is 9.47 Å². The van der Waals surface area contributed by atoms with Gasteiger partial charge in [0.1, 0.15) is 4.88 Å². The van der Waals surface area contributed by atoms with Crippen LogP contribution in [0.15, 0.2) is 75.9 Å². The number of nitrogens with zero attached hydrogens (tertiary/aromatic N) is 3. The van der Waals surface area contributed by atoms with Crippen LogP contribution in [0.25, 0.3) is 6.08 Å². The van der Waals surface area contributed by atoms with Gasteiger partial charge in [0.2, 0.25) is 0 Å². The lowest BCUT2D eigenvalue weighted by atomic mass is 10.2. The molecular formula is C26H23N3O4S2. The second-order valence-electron chi connectivity index (χ2n) is 7.90. The Morgan fingerprint density at radius 3 is 2.46 bits per heavy atom. The summed E-state index contributed by atoms with van der Waals surface area (Å²) in [5.41, 5.74) is 1.97. The van der Waals surface area contributed by atoms with E-state index in [0.29, 0.717) is 21.3 Å². The summed E-state index contributed by atoms with van der Waals surface area (Å²) in [5, 5.41) is 2.56. The number of benzene rings is 2. The standard InChI is InChI=1S/C26H23N3O4S2/c1-32-21-16-18(9-10-20(21)33-25(31)22-8-5-15-34-22)17-23-24(30)27-26(35-23)29-13-11-28(12-14-29)19-6-3-2-4-7-19/h2-10,15-17H,11-14H2,1H3/b23-17-. The Bertz CT molecular complexity index is 1280. The molecule has 9 heteroatoms. The van der Waals surface area contributed by atoms with Crippen LogP contribution in [0.5, 0.6) is 11.5 Å². The Kier molecular flexibility index (Phi) is 6.87. The summed E-state index contributed by atoms with van der Waals surface area (Å²) in [4.78, 5) is 34.8. The summed E-state index contributed by atoms with van der Waals surface area (Å²) >= 11 is 2.70. The highest BCUT2D eigenvalue weighted by Crippen LogP contribution is 2.34. The van der Waals surface area contributed by atoms with Crippen molar-refractivity contribution in [1.29, 1.82) is 0 Å². The van der Waals surface area contributed by atoms with Gasteiger partial charge >= 0.3 is 5.97 Å². The molecule has 3 aromatic rings. The zero-order valence-corrected chi connectivity index (χ0v) is 20.7. The van der Waals surface area contributed by atoms with Gasteiger partial charge in [-0.3, -0.25) is 4.79 Å².